The Hall–Kier alpha value is -1.27. The van der Waals surface area contributed by atoms with Crippen LogP contribution in [0.25, 0.3) is 0 Å². The van der Waals surface area contributed by atoms with Crippen molar-refractivity contribution < 1.29 is 18.0 Å². The van der Waals surface area contributed by atoms with Crippen molar-refractivity contribution in [1.82, 2.24) is 5.32 Å². The average Bonchev–Trinajstić information content (AvgIpc) is 2.36. The first kappa shape index (κ1) is 18.7. The number of alkyl halides is 3. The minimum absolute atomic E-state index is 0. The van der Waals surface area contributed by atoms with E-state index in [4.69, 9.17) is 5.73 Å². The molecule has 0 spiro atoms. The Morgan fingerprint density at radius 2 is 1.75 bits per heavy atom. The minimum Gasteiger partial charge on any atom is -0.349 e. The molecule has 20 heavy (non-hydrogen) atoms. The van der Waals surface area contributed by atoms with Crippen molar-refractivity contribution in [2.45, 2.75) is 26.1 Å². The maximum atomic E-state index is 12.4. The average molecular weight is 311 g/mol. The van der Waals surface area contributed by atoms with Gasteiger partial charge in [0.2, 0.25) is 5.91 Å². The molecule has 1 aromatic carbocycles. The molecule has 0 aliphatic carbocycles. The second kappa shape index (κ2) is 7.50. The molecule has 0 bridgehead atoms. The largest absolute Gasteiger partial charge is 0.416 e. The quantitative estimate of drug-likeness (QED) is 0.898. The third-order valence-electron chi connectivity index (χ3n) is 2.90. The lowest BCUT2D eigenvalue weighted by atomic mass is 10.0. The molecule has 1 amide bonds. The third kappa shape index (κ3) is 5.02. The number of carbonyl (C=O) groups excluding carboxylic acids is 1. The summed E-state index contributed by atoms with van der Waals surface area (Å²) in [5.41, 5.74) is 5.28. The van der Waals surface area contributed by atoms with E-state index in [1.54, 1.807) is 13.8 Å². The van der Waals surface area contributed by atoms with E-state index in [0.29, 0.717) is 5.56 Å². The third-order valence-corrected chi connectivity index (χ3v) is 2.90. The number of rotatable bonds is 4. The summed E-state index contributed by atoms with van der Waals surface area (Å²) in [6.45, 7) is 3.63. The van der Waals surface area contributed by atoms with Crippen molar-refractivity contribution in [3.8, 4) is 0 Å². The number of nitrogens with one attached hydrogen (secondary N) is 1. The number of halogens is 4. The van der Waals surface area contributed by atoms with Gasteiger partial charge >= 0.3 is 6.18 Å². The number of amides is 1. The van der Waals surface area contributed by atoms with E-state index in [0.717, 1.165) is 12.1 Å². The van der Waals surface area contributed by atoms with Crippen molar-refractivity contribution in [3.63, 3.8) is 0 Å². The van der Waals surface area contributed by atoms with Gasteiger partial charge in [-0.05, 0) is 24.6 Å². The van der Waals surface area contributed by atoms with Crippen molar-refractivity contribution in [2.24, 2.45) is 11.7 Å². The molecular weight excluding hydrogens is 293 g/mol. The molecule has 2 atom stereocenters. The molecule has 0 fully saturated rings. The van der Waals surface area contributed by atoms with E-state index in [-0.39, 0.29) is 36.8 Å². The summed E-state index contributed by atoms with van der Waals surface area (Å²) in [5.74, 6) is -0.535. The van der Waals surface area contributed by atoms with E-state index in [1.165, 1.54) is 12.1 Å². The fourth-order valence-corrected chi connectivity index (χ4v) is 1.51. The van der Waals surface area contributed by atoms with Crippen LogP contribution in [0.15, 0.2) is 24.3 Å². The highest BCUT2D eigenvalue weighted by Crippen LogP contribution is 2.29. The fraction of sp³-hybridized carbons (Fsp3) is 0.462. The number of carbonyl (C=O) groups is 1. The van der Waals surface area contributed by atoms with E-state index in [2.05, 4.69) is 5.32 Å². The SMILES string of the molecule is CC(CN)C(=O)NC(C)c1ccc(C(F)(F)F)cc1.Cl. The minimum atomic E-state index is -4.35. The molecule has 3 N–H and O–H groups in total. The van der Waals surface area contributed by atoms with Crippen LogP contribution >= 0.6 is 12.4 Å². The van der Waals surface area contributed by atoms with Crippen LogP contribution in [0.5, 0.6) is 0 Å². The summed E-state index contributed by atoms with van der Waals surface area (Å²) < 4.78 is 37.2. The lowest BCUT2D eigenvalue weighted by Crippen LogP contribution is -2.34. The molecule has 3 nitrogen and oxygen atoms in total. The number of benzene rings is 1. The van der Waals surface area contributed by atoms with E-state index < -0.39 is 11.7 Å². The number of nitrogens with two attached hydrogens (primary N) is 1. The molecule has 1 aromatic rings. The lowest BCUT2D eigenvalue weighted by molar-refractivity contribution is -0.137. The van der Waals surface area contributed by atoms with Gasteiger partial charge in [0.25, 0.3) is 0 Å². The Morgan fingerprint density at radius 1 is 1.25 bits per heavy atom. The standard InChI is InChI=1S/C13H17F3N2O.ClH/c1-8(7-17)12(19)18-9(2)10-3-5-11(6-4-10)13(14,15)16;/h3-6,8-9H,7,17H2,1-2H3,(H,18,19);1H. The molecule has 0 aromatic heterocycles. The zero-order valence-corrected chi connectivity index (χ0v) is 12.0. The van der Waals surface area contributed by atoms with Crippen molar-refractivity contribution in [2.75, 3.05) is 6.54 Å². The summed E-state index contributed by atoms with van der Waals surface area (Å²) >= 11 is 0. The second-order valence-corrected chi connectivity index (χ2v) is 4.49. The molecule has 0 radical (unpaired) electrons. The van der Waals surface area contributed by atoms with Gasteiger partial charge in [0.05, 0.1) is 11.6 Å². The van der Waals surface area contributed by atoms with Crippen molar-refractivity contribution >= 4 is 18.3 Å². The second-order valence-electron chi connectivity index (χ2n) is 4.49. The Balaban J connectivity index is 0.00000361. The zero-order chi connectivity index (χ0) is 14.6. The van der Waals surface area contributed by atoms with Gasteiger partial charge in [-0.2, -0.15) is 13.2 Å². The van der Waals surface area contributed by atoms with Gasteiger partial charge in [-0.15, -0.1) is 12.4 Å². The fourth-order valence-electron chi connectivity index (χ4n) is 1.51. The maximum absolute atomic E-state index is 12.4. The van der Waals surface area contributed by atoms with Crippen molar-refractivity contribution in [1.29, 1.82) is 0 Å². The van der Waals surface area contributed by atoms with Gasteiger partial charge in [-0.1, -0.05) is 19.1 Å². The first-order chi connectivity index (χ1) is 8.75. The Labute approximate surface area is 122 Å². The topological polar surface area (TPSA) is 55.1 Å². The van der Waals surface area contributed by atoms with Crippen molar-refractivity contribution in [3.05, 3.63) is 35.4 Å². The summed E-state index contributed by atoms with van der Waals surface area (Å²) in [5, 5.41) is 2.70. The zero-order valence-electron chi connectivity index (χ0n) is 11.2. The van der Waals surface area contributed by atoms with Crippen LogP contribution in [0.3, 0.4) is 0 Å². The van der Waals surface area contributed by atoms with Crippen LogP contribution in [-0.4, -0.2) is 12.5 Å². The molecule has 1 rings (SSSR count). The molecule has 0 saturated heterocycles. The van der Waals surface area contributed by atoms with Gasteiger partial charge < -0.3 is 11.1 Å². The first-order valence-corrected chi connectivity index (χ1v) is 5.93. The maximum Gasteiger partial charge on any atom is 0.416 e. The van der Waals surface area contributed by atoms with Gasteiger partial charge in [-0.3, -0.25) is 4.79 Å². The molecule has 2 unspecified atom stereocenters. The van der Waals surface area contributed by atoms with Gasteiger partial charge in [-0.25, -0.2) is 0 Å². The molecule has 114 valence electrons. The van der Waals surface area contributed by atoms with Crippen LogP contribution in [-0.2, 0) is 11.0 Å². The highest BCUT2D eigenvalue weighted by atomic mass is 35.5. The Morgan fingerprint density at radius 3 is 2.15 bits per heavy atom. The molecular formula is C13H18ClF3N2O. The monoisotopic (exact) mass is 310 g/mol. The highest BCUT2D eigenvalue weighted by molar-refractivity contribution is 5.85. The smallest absolute Gasteiger partial charge is 0.349 e. The highest BCUT2D eigenvalue weighted by Gasteiger charge is 2.30. The Bertz CT molecular complexity index is 434. The summed E-state index contributed by atoms with van der Waals surface area (Å²) in [6.07, 6.45) is -4.35. The Kier molecular flexibility index (Phi) is 7.02. The van der Waals surface area contributed by atoms with Crippen LogP contribution in [0, 0.1) is 5.92 Å². The first-order valence-electron chi connectivity index (χ1n) is 5.93. The van der Waals surface area contributed by atoms with Gasteiger partial charge in [0.15, 0.2) is 0 Å². The van der Waals surface area contributed by atoms with E-state index in [1.807, 2.05) is 0 Å². The molecule has 0 aliphatic heterocycles. The summed E-state index contributed by atoms with van der Waals surface area (Å²) in [7, 11) is 0. The molecule has 0 saturated carbocycles. The number of hydrogen-bond acceptors (Lipinski definition) is 2. The molecule has 0 aliphatic rings. The summed E-state index contributed by atoms with van der Waals surface area (Å²) in [4.78, 5) is 11.6. The van der Waals surface area contributed by atoms with Crippen LogP contribution in [0.1, 0.15) is 31.0 Å². The normalized spacial score (nSPS) is 14.1. The van der Waals surface area contributed by atoms with E-state index >= 15 is 0 Å². The van der Waals surface area contributed by atoms with Gasteiger partial charge in [0.1, 0.15) is 0 Å². The van der Waals surface area contributed by atoms with Gasteiger partial charge in [0, 0.05) is 12.5 Å². The van der Waals surface area contributed by atoms with Crippen LogP contribution in [0.2, 0.25) is 0 Å². The predicted molar refractivity (Wildman–Crippen MR) is 73.5 cm³/mol. The van der Waals surface area contributed by atoms with Crippen LogP contribution < -0.4 is 11.1 Å². The van der Waals surface area contributed by atoms with E-state index in [9.17, 15) is 18.0 Å². The summed E-state index contributed by atoms with van der Waals surface area (Å²) in [6, 6.07) is 4.37. The predicted octanol–water partition coefficient (Wildman–Crippen LogP) is 2.90. The van der Waals surface area contributed by atoms with Crippen LogP contribution in [0.4, 0.5) is 13.2 Å². The number of hydrogen-bond donors (Lipinski definition) is 2. The molecule has 7 heteroatoms. The molecule has 0 heterocycles. The lowest BCUT2D eigenvalue weighted by Gasteiger charge is -2.17.